The smallest absolute Gasteiger partial charge is 0.134 e. The van der Waals surface area contributed by atoms with Gasteiger partial charge in [0.25, 0.3) is 0 Å². The van der Waals surface area contributed by atoms with Crippen LogP contribution in [-0.4, -0.2) is 0 Å². The molecular formula is C50H30O. The predicted octanol–water partition coefficient (Wildman–Crippen LogP) is 14.4. The van der Waals surface area contributed by atoms with E-state index in [1.807, 2.05) is 42.5 Å². The van der Waals surface area contributed by atoms with E-state index in [1.165, 1.54) is 27.8 Å². The van der Waals surface area contributed by atoms with Crippen LogP contribution in [0.1, 0.15) is 11.0 Å². The van der Waals surface area contributed by atoms with Crippen molar-refractivity contribution in [2.45, 2.75) is 0 Å². The lowest BCUT2D eigenvalue weighted by atomic mass is 9.85. The molecule has 0 atom stereocenters. The fourth-order valence-electron chi connectivity index (χ4n) is 8.04. The number of hydrogen-bond donors (Lipinski definition) is 0. The molecule has 0 amide bonds. The van der Waals surface area contributed by atoms with Crippen LogP contribution in [0.5, 0.6) is 0 Å². The summed E-state index contributed by atoms with van der Waals surface area (Å²) >= 11 is 0. The van der Waals surface area contributed by atoms with E-state index >= 15 is 0 Å². The van der Waals surface area contributed by atoms with Crippen LogP contribution in [0.3, 0.4) is 0 Å². The SMILES string of the molecule is [2H]c1c([2H])c([2H])c2c(-c3coc4ccccc34)c3c([2H])c([2H])c([2H])c([2H])c3c(-c3ccc4c(ccc5cc(-c6cc7ccccc7c7ccccc67)ccc54)c3)c2c1[2H]. The zero-order valence-corrected chi connectivity index (χ0v) is 27.1. The Kier molecular flexibility index (Phi) is 4.57. The van der Waals surface area contributed by atoms with Gasteiger partial charge in [-0.05, 0) is 111 Å². The zero-order valence-electron chi connectivity index (χ0n) is 35.1. The van der Waals surface area contributed by atoms with Crippen LogP contribution in [0.15, 0.2) is 186 Å². The zero-order chi connectivity index (χ0) is 40.4. The lowest BCUT2D eigenvalue weighted by molar-refractivity contribution is 0.617. The number of para-hydroxylation sites is 1. The van der Waals surface area contributed by atoms with E-state index in [1.54, 1.807) is 6.07 Å². The van der Waals surface area contributed by atoms with E-state index in [-0.39, 0.29) is 51.3 Å². The largest absolute Gasteiger partial charge is 0.464 e. The maximum atomic E-state index is 9.35. The summed E-state index contributed by atoms with van der Waals surface area (Å²) < 4.78 is 78.4. The van der Waals surface area contributed by atoms with Gasteiger partial charge in [-0.15, -0.1) is 0 Å². The van der Waals surface area contributed by atoms with Gasteiger partial charge in [0.05, 0.1) is 17.2 Å². The molecule has 51 heavy (non-hydrogen) atoms. The maximum Gasteiger partial charge on any atom is 0.134 e. The van der Waals surface area contributed by atoms with Crippen LogP contribution >= 0.6 is 0 Å². The van der Waals surface area contributed by atoms with E-state index in [9.17, 15) is 5.48 Å². The van der Waals surface area contributed by atoms with Crippen LogP contribution in [0, 0.1) is 0 Å². The molecule has 11 rings (SSSR count). The topological polar surface area (TPSA) is 13.1 Å². The van der Waals surface area contributed by atoms with E-state index in [4.69, 9.17) is 9.90 Å². The Balaban J connectivity index is 1.19. The summed E-state index contributed by atoms with van der Waals surface area (Å²) in [5.41, 5.74) is 4.39. The first-order chi connectivity index (χ1) is 28.6. The second-order valence-electron chi connectivity index (χ2n) is 13.0. The third-order valence-electron chi connectivity index (χ3n) is 10.3. The van der Waals surface area contributed by atoms with Gasteiger partial charge in [0.15, 0.2) is 0 Å². The molecule has 1 aromatic heterocycles. The molecule has 0 fully saturated rings. The average Bonchev–Trinajstić information content (AvgIpc) is 3.71. The molecule has 0 spiro atoms. The van der Waals surface area contributed by atoms with Crippen LogP contribution in [0.2, 0.25) is 0 Å². The number of rotatable bonds is 3. The van der Waals surface area contributed by atoms with E-state index in [0.717, 1.165) is 32.7 Å². The van der Waals surface area contributed by atoms with Gasteiger partial charge in [-0.1, -0.05) is 151 Å². The minimum absolute atomic E-state index is 0.155. The minimum atomic E-state index is -0.441. The number of fused-ring (bicyclic) bond motifs is 9. The summed E-state index contributed by atoms with van der Waals surface area (Å²) in [6.45, 7) is 0. The van der Waals surface area contributed by atoms with Crippen molar-refractivity contribution in [3.63, 3.8) is 0 Å². The van der Waals surface area contributed by atoms with Gasteiger partial charge in [-0.3, -0.25) is 0 Å². The van der Waals surface area contributed by atoms with Crippen LogP contribution in [0.4, 0.5) is 0 Å². The average molecular weight is 655 g/mol. The molecule has 1 nitrogen and oxygen atoms in total. The Bertz CT molecular complexity index is 3580. The molecular weight excluding hydrogens is 617 g/mol. The molecule has 1 heterocycles. The molecule has 10 aromatic carbocycles. The Morgan fingerprint density at radius 2 is 0.863 bits per heavy atom. The highest BCUT2D eigenvalue weighted by Gasteiger charge is 2.19. The van der Waals surface area contributed by atoms with Gasteiger partial charge in [-0.2, -0.15) is 0 Å². The Hall–Kier alpha value is -6.70. The molecule has 0 unspecified atom stereocenters. The maximum absolute atomic E-state index is 9.35. The summed E-state index contributed by atoms with van der Waals surface area (Å²) in [6.07, 6.45) is 1.50. The molecule has 0 aliphatic carbocycles. The van der Waals surface area contributed by atoms with Crippen molar-refractivity contribution in [3.05, 3.63) is 182 Å². The lowest BCUT2D eigenvalue weighted by Crippen LogP contribution is -1.90. The highest BCUT2D eigenvalue weighted by atomic mass is 16.3. The van der Waals surface area contributed by atoms with Crippen LogP contribution < -0.4 is 0 Å². The highest BCUT2D eigenvalue weighted by Crippen LogP contribution is 2.46. The summed E-state index contributed by atoms with van der Waals surface area (Å²) in [5, 5.41) is 9.99. The first-order valence-electron chi connectivity index (χ1n) is 20.9. The first-order valence-corrected chi connectivity index (χ1v) is 16.9. The van der Waals surface area contributed by atoms with Crippen molar-refractivity contribution in [1.82, 2.24) is 0 Å². The predicted molar refractivity (Wildman–Crippen MR) is 218 cm³/mol. The third kappa shape index (κ3) is 4.22. The Morgan fingerprint density at radius 1 is 0.353 bits per heavy atom. The van der Waals surface area contributed by atoms with Crippen molar-refractivity contribution >= 4 is 75.6 Å². The molecule has 0 N–H and O–H groups in total. The van der Waals surface area contributed by atoms with Crippen molar-refractivity contribution in [2.24, 2.45) is 0 Å². The van der Waals surface area contributed by atoms with Crippen molar-refractivity contribution in [1.29, 1.82) is 0 Å². The van der Waals surface area contributed by atoms with Gasteiger partial charge in [-0.25, -0.2) is 0 Å². The Morgan fingerprint density at radius 3 is 1.57 bits per heavy atom. The molecule has 0 saturated heterocycles. The Labute approximate surface area is 305 Å². The van der Waals surface area contributed by atoms with E-state index in [0.29, 0.717) is 27.7 Å². The normalized spacial score (nSPS) is 14.1. The number of hydrogen-bond acceptors (Lipinski definition) is 1. The molecule has 0 saturated carbocycles. The molecule has 236 valence electrons. The highest BCUT2D eigenvalue weighted by molar-refractivity contribution is 6.24. The monoisotopic (exact) mass is 654 g/mol. The molecule has 0 radical (unpaired) electrons. The summed E-state index contributed by atoms with van der Waals surface area (Å²) in [4.78, 5) is 0. The van der Waals surface area contributed by atoms with Gasteiger partial charge < -0.3 is 4.42 Å². The van der Waals surface area contributed by atoms with Gasteiger partial charge in [0, 0.05) is 16.5 Å². The van der Waals surface area contributed by atoms with E-state index in [2.05, 4.69) is 78.9 Å². The number of furan rings is 1. The van der Waals surface area contributed by atoms with E-state index < -0.39 is 24.2 Å². The minimum Gasteiger partial charge on any atom is -0.464 e. The molecule has 11 aromatic rings. The van der Waals surface area contributed by atoms with Gasteiger partial charge >= 0.3 is 0 Å². The first kappa shape index (κ1) is 21.4. The van der Waals surface area contributed by atoms with Gasteiger partial charge in [0.1, 0.15) is 5.58 Å². The standard InChI is InChI=1S/C50H30O/c1-2-12-36-31(11-1)29-46(40-14-4-3-13-39(36)40)34-23-25-37-32(27-34)21-22-33-28-35(24-26-38(33)37)49-42-16-5-7-18-44(42)50(45-19-8-6-17-43(45)49)47-30-51-48-20-10-9-15-41(47)48/h1-30H/i5D,6D,7D,8D,16D,17D,18D,19D. The van der Waals surface area contributed by atoms with Crippen molar-refractivity contribution in [2.75, 3.05) is 0 Å². The number of benzene rings is 10. The van der Waals surface area contributed by atoms with Crippen molar-refractivity contribution < 1.29 is 15.4 Å². The van der Waals surface area contributed by atoms with Gasteiger partial charge in [0.2, 0.25) is 0 Å². The fraction of sp³-hybridized carbons (Fsp3) is 0. The molecule has 0 aliphatic rings. The second-order valence-corrected chi connectivity index (χ2v) is 13.0. The lowest BCUT2D eigenvalue weighted by Gasteiger charge is -2.17. The van der Waals surface area contributed by atoms with Crippen LogP contribution in [-0.2, 0) is 0 Å². The molecule has 0 aliphatic heterocycles. The third-order valence-corrected chi connectivity index (χ3v) is 10.3. The summed E-state index contributed by atoms with van der Waals surface area (Å²) in [5.74, 6) is 0. The van der Waals surface area contributed by atoms with Crippen LogP contribution in [0.25, 0.3) is 109 Å². The molecule has 0 bridgehead atoms. The van der Waals surface area contributed by atoms with Crippen molar-refractivity contribution in [3.8, 4) is 33.4 Å². The summed E-state index contributed by atoms with van der Waals surface area (Å²) in [6, 6.07) is 39.9. The summed E-state index contributed by atoms with van der Waals surface area (Å²) in [7, 11) is 0. The second kappa shape index (κ2) is 10.9. The quantitative estimate of drug-likeness (QED) is 0.136. The molecule has 1 heteroatoms. The fourth-order valence-corrected chi connectivity index (χ4v) is 8.04.